The Hall–Kier alpha value is -3.34. The number of hydrogen-bond donors (Lipinski definition) is 3. The molecule has 5 heteroatoms. The second kappa shape index (κ2) is 7.24. The lowest BCUT2D eigenvalue weighted by molar-refractivity contribution is 0.0696. The maximum Gasteiger partial charge on any atom is 0.335 e. The lowest BCUT2D eigenvalue weighted by atomic mass is 9.72. The minimum absolute atomic E-state index is 0.0393. The maximum atomic E-state index is 14.4. The summed E-state index contributed by atoms with van der Waals surface area (Å²) in [4.78, 5) is 11.3. The highest BCUT2D eigenvalue weighted by molar-refractivity contribution is 5.88. The van der Waals surface area contributed by atoms with Gasteiger partial charge in [0, 0.05) is 11.4 Å². The summed E-state index contributed by atoms with van der Waals surface area (Å²) in [5.74, 6) is -1.24. The van der Waals surface area contributed by atoms with Gasteiger partial charge in [-0.2, -0.15) is 0 Å². The van der Waals surface area contributed by atoms with Crippen LogP contribution in [0, 0.1) is 11.2 Å². The van der Waals surface area contributed by atoms with Crippen LogP contribution in [0.3, 0.4) is 0 Å². The van der Waals surface area contributed by atoms with E-state index in [4.69, 9.17) is 0 Å². The third kappa shape index (κ3) is 3.81. The minimum Gasteiger partial charge on any atom is -0.478 e. The first-order chi connectivity index (χ1) is 13.8. The van der Waals surface area contributed by atoms with Crippen molar-refractivity contribution >= 4 is 23.0 Å². The molecule has 0 saturated heterocycles. The summed E-state index contributed by atoms with van der Waals surface area (Å²) in [6.45, 7) is 4.27. The van der Waals surface area contributed by atoms with Gasteiger partial charge in [-0.25, -0.2) is 9.18 Å². The molecule has 4 nitrogen and oxygen atoms in total. The Balaban J connectivity index is 1.67. The SMILES string of the molecule is CC1(C)Cc2cc(C(=O)O)ccc2NC1c1ccc(F)c(Nc2ccccc2)c1. The molecule has 1 aliphatic heterocycles. The molecule has 3 aromatic rings. The number of fused-ring (bicyclic) bond motifs is 1. The summed E-state index contributed by atoms with van der Waals surface area (Å²) in [6.07, 6.45) is 0.722. The third-order valence-corrected chi connectivity index (χ3v) is 5.46. The first-order valence-electron chi connectivity index (χ1n) is 9.58. The molecule has 0 radical (unpaired) electrons. The van der Waals surface area contributed by atoms with Gasteiger partial charge in [-0.3, -0.25) is 0 Å². The fourth-order valence-corrected chi connectivity index (χ4v) is 3.99. The van der Waals surface area contributed by atoms with Gasteiger partial charge >= 0.3 is 5.97 Å². The molecule has 29 heavy (non-hydrogen) atoms. The van der Waals surface area contributed by atoms with Gasteiger partial charge in [0.25, 0.3) is 0 Å². The molecule has 3 aromatic carbocycles. The van der Waals surface area contributed by atoms with E-state index < -0.39 is 5.97 Å². The molecular weight excluding hydrogens is 367 g/mol. The lowest BCUT2D eigenvalue weighted by Gasteiger charge is -2.41. The maximum absolute atomic E-state index is 14.4. The van der Waals surface area contributed by atoms with E-state index in [0.29, 0.717) is 5.69 Å². The van der Waals surface area contributed by atoms with Gasteiger partial charge in [-0.15, -0.1) is 0 Å². The zero-order valence-corrected chi connectivity index (χ0v) is 16.4. The van der Waals surface area contributed by atoms with Gasteiger partial charge in [0.1, 0.15) is 5.82 Å². The summed E-state index contributed by atoms with van der Waals surface area (Å²) in [7, 11) is 0. The van der Waals surface area contributed by atoms with Crippen LogP contribution in [0.1, 0.15) is 41.4 Å². The highest BCUT2D eigenvalue weighted by atomic mass is 19.1. The number of halogens is 1. The molecule has 1 atom stereocenters. The van der Waals surface area contributed by atoms with Crippen molar-refractivity contribution in [1.29, 1.82) is 0 Å². The second-order valence-corrected chi connectivity index (χ2v) is 8.15. The molecule has 0 fully saturated rings. The largest absolute Gasteiger partial charge is 0.478 e. The third-order valence-electron chi connectivity index (χ3n) is 5.46. The minimum atomic E-state index is -0.928. The first kappa shape index (κ1) is 19.0. The van der Waals surface area contributed by atoms with E-state index in [0.717, 1.165) is 28.9 Å². The molecule has 148 valence electrons. The van der Waals surface area contributed by atoms with E-state index in [1.807, 2.05) is 48.5 Å². The standard InChI is InChI=1S/C24H23FN2O2/c1-24(2)14-17-12-16(23(28)29)9-11-20(17)27-22(24)15-8-10-19(25)21(13-15)26-18-6-4-3-5-7-18/h3-13,22,26-27H,14H2,1-2H3,(H,28,29). The van der Waals surface area contributed by atoms with E-state index >= 15 is 0 Å². The normalized spacial score (nSPS) is 17.1. The van der Waals surface area contributed by atoms with Crippen molar-refractivity contribution in [2.75, 3.05) is 10.6 Å². The molecule has 1 aliphatic rings. The van der Waals surface area contributed by atoms with Crippen molar-refractivity contribution in [2.45, 2.75) is 26.3 Å². The second-order valence-electron chi connectivity index (χ2n) is 8.15. The van der Waals surface area contributed by atoms with Gasteiger partial charge in [-0.05, 0) is 65.4 Å². The highest BCUT2D eigenvalue weighted by Crippen LogP contribution is 2.45. The van der Waals surface area contributed by atoms with E-state index in [2.05, 4.69) is 24.5 Å². The van der Waals surface area contributed by atoms with Gasteiger partial charge in [0.2, 0.25) is 0 Å². The van der Waals surface area contributed by atoms with Crippen LogP contribution >= 0.6 is 0 Å². The van der Waals surface area contributed by atoms with E-state index in [1.54, 1.807) is 12.1 Å². The topological polar surface area (TPSA) is 61.4 Å². The van der Waals surface area contributed by atoms with Crippen molar-refractivity contribution in [3.05, 3.63) is 89.2 Å². The number of carboxylic acids is 1. The molecule has 0 aromatic heterocycles. The van der Waals surface area contributed by atoms with Crippen LogP contribution in [0.25, 0.3) is 0 Å². The molecule has 0 amide bonds. The summed E-state index contributed by atoms with van der Waals surface area (Å²) < 4.78 is 14.4. The molecule has 0 aliphatic carbocycles. The summed E-state index contributed by atoms with van der Waals surface area (Å²) in [5, 5.41) is 15.9. The fraction of sp³-hybridized carbons (Fsp3) is 0.208. The van der Waals surface area contributed by atoms with Crippen molar-refractivity contribution in [3.63, 3.8) is 0 Å². The van der Waals surface area contributed by atoms with Crippen LogP contribution < -0.4 is 10.6 Å². The molecule has 0 spiro atoms. The number of hydrogen-bond acceptors (Lipinski definition) is 3. The number of benzene rings is 3. The van der Waals surface area contributed by atoms with E-state index in [1.165, 1.54) is 6.07 Å². The number of rotatable bonds is 4. The van der Waals surface area contributed by atoms with Crippen LogP contribution in [-0.4, -0.2) is 11.1 Å². The van der Waals surface area contributed by atoms with Crippen molar-refractivity contribution in [3.8, 4) is 0 Å². The molecule has 1 unspecified atom stereocenters. The van der Waals surface area contributed by atoms with Crippen LogP contribution in [0.5, 0.6) is 0 Å². The van der Waals surface area contributed by atoms with Crippen LogP contribution in [0.2, 0.25) is 0 Å². The number of para-hydroxylation sites is 1. The van der Waals surface area contributed by atoms with Gasteiger partial charge in [0.05, 0.1) is 17.3 Å². The monoisotopic (exact) mass is 390 g/mol. The Morgan fingerprint density at radius 2 is 1.86 bits per heavy atom. The molecule has 3 N–H and O–H groups in total. The Bertz CT molecular complexity index is 1060. The quantitative estimate of drug-likeness (QED) is 0.511. The van der Waals surface area contributed by atoms with Crippen molar-refractivity contribution in [2.24, 2.45) is 5.41 Å². The van der Waals surface area contributed by atoms with E-state index in [-0.39, 0.29) is 22.8 Å². The highest BCUT2D eigenvalue weighted by Gasteiger charge is 2.36. The Kier molecular flexibility index (Phi) is 4.74. The first-order valence-corrected chi connectivity index (χ1v) is 9.58. The Labute approximate surface area is 169 Å². The molecule has 0 bridgehead atoms. The fourth-order valence-electron chi connectivity index (χ4n) is 3.99. The zero-order chi connectivity index (χ0) is 20.6. The molecule has 4 rings (SSSR count). The summed E-state index contributed by atoms with van der Waals surface area (Å²) in [5.41, 5.74) is 4.23. The van der Waals surface area contributed by atoms with Crippen molar-refractivity contribution in [1.82, 2.24) is 0 Å². The summed E-state index contributed by atoms with van der Waals surface area (Å²) in [6, 6.07) is 19.8. The van der Waals surface area contributed by atoms with Crippen LogP contribution in [0.15, 0.2) is 66.7 Å². The zero-order valence-electron chi connectivity index (χ0n) is 16.4. The van der Waals surface area contributed by atoms with Gasteiger partial charge < -0.3 is 15.7 Å². The van der Waals surface area contributed by atoms with Crippen LogP contribution in [-0.2, 0) is 6.42 Å². The van der Waals surface area contributed by atoms with Crippen LogP contribution in [0.4, 0.5) is 21.5 Å². The predicted octanol–water partition coefficient (Wildman–Crippen LogP) is 6.00. The number of carboxylic acid groups (broad SMARTS) is 1. The Morgan fingerprint density at radius 3 is 2.59 bits per heavy atom. The average molecular weight is 390 g/mol. The Morgan fingerprint density at radius 1 is 1.10 bits per heavy atom. The average Bonchev–Trinajstić information content (AvgIpc) is 2.69. The number of nitrogens with one attached hydrogen (secondary N) is 2. The van der Waals surface area contributed by atoms with Gasteiger partial charge in [0.15, 0.2) is 0 Å². The summed E-state index contributed by atoms with van der Waals surface area (Å²) >= 11 is 0. The molecule has 1 heterocycles. The smallest absolute Gasteiger partial charge is 0.335 e. The number of carbonyl (C=O) groups is 1. The lowest BCUT2D eigenvalue weighted by Crippen LogP contribution is -2.35. The predicted molar refractivity (Wildman–Crippen MR) is 113 cm³/mol. The number of aromatic carboxylic acids is 1. The molecule has 0 saturated carbocycles. The van der Waals surface area contributed by atoms with Gasteiger partial charge in [-0.1, -0.05) is 38.1 Å². The molecular formula is C24H23FN2O2. The van der Waals surface area contributed by atoms with Crippen molar-refractivity contribution < 1.29 is 14.3 Å². The van der Waals surface area contributed by atoms with E-state index in [9.17, 15) is 14.3 Å². The number of anilines is 3.